The van der Waals surface area contributed by atoms with E-state index in [-0.39, 0.29) is 12.0 Å². The molecule has 1 N–H and O–H groups in total. The van der Waals surface area contributed by atoms with Gasteiger partial charge < -0.3 is 14.6 Å². The summed E-state index contributed by atoms with van der Waals surface area (Å²) in [6.07, 6.45) is 1.99. The first-order valence-corrected chi connectivity index (χ1v) is 6.64. The second-order valence-corrected chi connectivity index (χ2v) is 5.24. The second-order valence-electron chi connectivity index (χ2n) is 4.42. The lowest BCUT2D eigenvalue weighted by Crippen LogP contribution is -2.23. The van der Waals surface area contributed by atoms with Crippen molar-refractivity contribution in [2.24, 2.45) is 0 Å². The average Bonchev–Trinajstić information content (AvgIpc) is 2.36. The molecule has 4 heteroatoms. The molecule has 0 aliphatic rings. The van der Waals surface area contributed by atoms with E-state index >= 15 is 0 Å². The van der Waals surface area contributed by atoms with Crippen molar-refractivity contribution in [2.75, 3.05) is 27.1 Å². The van der Waals surface area contributed by atoms with Crippen molar-refractivity contribution in [3.05, 3.63) is 17.7 Å². The zero-order chi connectivity index (χ0) is 13.1. The highest BCUT2D eigenvalue weighted by molar-refractivity contribution is 7.98. The van der Waals surface area contributed by atoms with Gasteiger partial charge in [0.1, 0.15) is 0 Å². The summed E-state index contributed by atoms with van der Waals surface area (Å²) in [5, 5.41) is 9.48. The molecule has 3 nitrogen and oxygen atoms in total. The third-order valence-electron chi connectivity index (χ3n) is 2.83. The van der Waals surface area contributed by atoms with Crippen molar-refractivity contribution in [1.29, 1.82) is 0 Å². The van der Waals surface area contributed by atoms with Gasteiger partial charge in [0.2, 0.25) is 0 Å². The molecule has 0 spiro atoms. The zero-order valence-corrected chi connectivity index (χ0v) is 11.9. The normalized spacial score (nSPS) is 11.4. The summed E-state index contributed by atoms with van der Waals surface area (Å²) in [7, 11) is 3.26. The first kappa shape index (κ1) is 14.2. The minimum Gasteiger partial charge on any atom is -0.493 e. The number of hydrogen-bond donors (Lipinski definition) is 1. The van der Waals surface area contributed by atoms with Crippen LogP contribution in [0.15, 0.2) is 17.0 Å². The van der Waals surface area contributed by atoms with Crippen molar-refractivity contribution < 1.29 is 14.6 Å². The molecule has 0 radical (unpaired) electrons. The third-order valence-corrected chi connectivity index (χ3v) is 3.64. The quantitative estimate of drug-likeness (QED) is 0.822. The molecule has 17 heavy (non-hydrogen) atoms. The fourth-order valence-electron chi connectivity index (χ4n) is 1.72. The molecule has 0 atom stereocenters. The second kappa shape index (κ2) is 5.65. The average molecular weight is 256 g/mol. The summed E-state index contributed by atoms with van der Waals surface area (Å²) in [6.45, 7) is 4.11. The number of methoxy groups -OCH3 is 2. The number of benzene rings is 1. The molecule has 0 aromatic heterocycles. The number of hydrogen-bond acceptors (Lipinski definition) is 4. The van der Waals surface area contributed by atoms with Crippen LogP contribution in [0.5, 0.6) is 11.5 Å². The van der Waals surface area contributed by atoms with Crippen LogP contribution in [-0.2, 0) is 5.41 Å². The predicted octanol–water partition coefficient (Wildman–Crippen LogP) is 2.70. The van der Waals surface area contributed by atoms with E-state index in [0.29, 0.717) is 5.75 Å². The number of ether oxygens (including phenoxy) is 2. The van der Waals surface area contributed by atoms with E-state index in [4.69, 9.17) is 9.47 Å². The Hall–Kier alpha value is -0.870. The molecule has 1 rings (SSSR count). The van der Waals surface area contributed by atoms with E-state index in [9.17, 15) is 5.11 Å². The number of aliphatic hydroxyl groups excluding tert-OH is 1. The van der Waals surface area contributed by atoms with Crippen LogP contribution < -0.4 is 9.47 Å². The van der Waals surface area contributed by atoms with Gasteiger partial charge in [0.15, 0.2) is 11.5 Å². The monoisotopic (exact) mass is 256 g/mol. The maximum Gasteiger partial charge on any atom is 0.174 e. The Balaban J connectivity index is 3.43. The molecule has 0 saturated carbocycles. The van der Waals surface area contributed by atoms with E-state index < -0.39 is 0 Å². The highest BCUT2D eigenvalue weighted by Gasteiger charge is 2.26. The van der Waals surface area contributed by atoms with Gasteiger partial charge in [-0.2, -0.15) is 0 Å². The Morgan fingerprint density at radius 2 is 1.88 bits per heavy atom. The molecule has 0 aliphatic heterocycles. The van der Waals surface area contributed by atoms with Gasteiger partial charge in [0, 0.05) is 5.41 Å². The van der Waals surface area contributed by atoms with Crippen molar-refractivity contribution in [1.82, 2.24) is 0 Å². The molecule has 0 fully saturated rings. The van der Waals surface area contributed by atoms with Crippen LogP contribution in [0.2, 0.25) is 0 Å². The fourth-order valence-corrected chi connectivity index (χ4v) is 2.65. The van der Waals surface area contributed by atoms with Crippen LogP contribution in [0.4, 0.5) is 0 Å². The van der Waals surface area contributed by atoms with Crippen LogP contribution in [0.1, 0.15) is 19.4 Å². The zero-order valence-electron chi connectivity index (χ0n) is 11.0. The van der Waals surface area contributed by atoms with Crippen LogP contribution in [0.3, 0.4) is 0 Å². The van der Waals surface area contributed by atoms with E-state index in [1.165, 1.54) is 0 Å². The summed E-state index contributed by atoms with van der Waals surface area (Å²) >= 11 is 1.60. The summed E-state index contributed by atoms with van der Waals surface area (Å²) in [4.78, 5) is 1.02. The van der Waals surface area contributed by atoms with E-state index in [1.807, 2.05) is 32.2 Å². The van der Waals surface area contributed by atoms with Gasteiger partial charge in [-0.3, -0.25) is 0 Å². The Bertz CT molecular complexity index is 388. The molecule has 0 heterocycles. The molecule has 0 bridgehead atoms. The summed E-state index contributed by atoms with van der Waals surface area (Å²) in [6, 6.07) is 3.87. The van der Waals surface area contributed by atoms with E-state index in [1.54, 1.807) is 26.0 Å². The highest BCUT2D eigenvalue weighted by Crippen LogP contribution is 2.43. The van der Waals surface area contributed by atoms with Gasteiger partial charge in [0.05, 0.1) is 25.7 Å². The maximum absolute atomic E-state index is 9.48. The Labute approximate surface area is 107 Å². The maximum atomic E-state index is 9.48. The Kier molecular flexibility index (Phi) is 4.71. The molecular formula is C13H20O3S. The number of aliphatic hydroxyl groups is 1. The topological polar surface area (TPSA) is 38.7 Å². The molecule has 0 saturated heterocycles. The van der Waals surface area contributed by atoms with Gasteiger partial charge >= 0.3 is 0 Å². The Morgan fingerprint density at radius 3 is 2.29 bits per heavy atom. The van der Waals surface area contributed by atoms with Gasteiger partial charge in [-0.15, -0.1) is 11.8 Å². The molecule has 0 aliphatic carbocycles. The minimum atomic E-state index is -0.294. The minimum absolute atomic E-state index is 0.0933. The van der Waals surface area contributed by atoms with Gasteiger partial charge in [-0.05, 0) is 17.9 Å². The lowest BCUT2D eigenvalue weighted by Gasteiger charge is -2.26. The smallest absolute Gasteiger partial charge is 0.174 e. The number of thioether (sulfide) groups is 1. The van der Waals surface area contributed by atoms with Crippen molar-refractivity contribution >= 4 is 11.8 Å². The SMILES string of the molecule is COc1ccc(C(C)(C)CO)c(SC)c1OC. The van der Waals surface area contributed by atoms with Crippen molar-refractivity contribution in [3.63, 3.8) is 0 Å². The van der Waals surface area contributed by atoms with Crippen LogP contribution in [-0.4, -0.2) is 32.2 Å². The summed E-state index contributed by atoms with van der Waals surface area (Å²) in [5.41, 5.74) is 0.780. The Morgan fingerprint density at radius 1 is 1.24 bits per heavy atom. The lowest BCUT2D eigenvalue weighted by molar-refractivity contribution is 0.215. The predicted molar refractivity (Wildman–Crippen MR) is 71.4 cm³/mol. The first-order valence-electron chi connectivity index (χ1n) is 5.42. The molecule has 1 aromatic carbocycles. The van der Waals surface area contributed by atoms with E-state index in [0.717, 1.165) is 16.2 Å². The molecule has 0 amide bonds. The highest BCUT2D eigenvalue weighted by atomic mass is 32.2. The van der Waals surface area contributed by atoms with Gasteiger partial charge in [-0.1, -0.05) is 19.9 Å². The van der Waals surface area contributed by atoms with Crippen LogP contribution in [0.25, 0.3) is 0 Å². The summed E-state index contributed by atoms with van der Waals surface area (Å²) in [5.74, 6) is 1.45. The van der Waals surface area contributed by atoms with Gasteiger partial charge in [-0.25, -0.2) is 0 Å². The van der Waals surface area contributed by atoms with Crippen LogP contribution >= 0.6 is 11.8 Å². The van der Waals surface area contributed by atoms with Crippen LogP contribution in [0, 0.1) is 0 Å². The number of rotatable bonds is 5. The lowest BCUT2D eigenvalue weighted by atomic mass is 9.85. The molecular weight excluding hydrogens is 236 g/mol. The van der Waals surface area contributed by atoms with Crippen molar-refractivity contribution in [2.45, 2.75) is 24.2 Å². The molecule has 96 valence electrons. The standard InChI is InChI=1S/C13H20O3S/c1-13(2,8-14)9-6-7-10(15-3)11(16-4)12(9)17-5/h6-7,14H,8H2,1-5H3. The fraction of sp³-hybridized carbons (Fsp3) is 0.538. The van der Waals surface area contributed by atoms with E-state index in [2.05, 4.69) is 0 Å². The molecule has 1 aromatic rings. The third kappa shape index (κ3) is 2.69. The summed E-state index contributed by atoms with van der Waals surface area (Å²) < 4.78 is 10.7. The van der Waals surface area contributed by atoms with Gasteiger partial charge in [0.25, 0.3) is 0 Å². The first-order chi connectivity index (χ1) is 8.01. The molecule has 0 unspecified atom stereocenters. The largest absolute Gasteiger partial charge is 0.493 e. The van der Waals surface area contributed by atoms with Crippen molar-refractivity contribution in [3.8, 4) is 11.5 Å².